The van der Waals surface area contributed by atoms with E-state index in [4.69, 9.17) is 37.4 Å². The van der Waals surface area contributed by atoms with Crippen LogP contribution in [0.3, 0.4) is 0 Å². The Balaban J connectivity index is 1.91. The molecule has 0 radical (unpaired) electrons. The van der Waals surface area contributed by atoms with Gasteiger partial charge in [-0.25, -0.2) is 9.59 Å². The summed E-state index contributed by atoms with van der Waals surface area (Å²) in [4.78, 5) is 24.9. The molecule has 1 atom stereocenters. The van der Waals surface area contributed by atoms with E-state index in [-0.39, 0.29) is 12.7 Å². The molecule has 33 heavy (non-hydrogen) atoms. The summed E-state index contributed by atoms with van der Waals surface area (Å²) in [6.07, 6.45) is -0.300. The molecule has 0 fully saturated rings. The summed E-state index contributed by atoms with van der Waals surface area (Å²) in [5, 5.41) is 6.47. The van der Waals surface area contributed by atoms with Crippen LogP contribution in [0.2, 0.25) is 10.0 Å². The molecule has 1 unspecified atom stereocenters. The molecule has 176 valence electrons. The summed E-state index contributed by atoms with van der Waals surface area (Å²) in [7, 11) is 0. The van der Waals surface area contributed by atoms with Crippen molar-refractivity contribution in [3.8, 4) is 11.5 Å². The molecule has 0 bridgehead atoms. The second-order valence-corrected chi connectivity index (χ2v) is 8.53. The van der Waals surface area contributed by atoms with E-state index in [2.05, 4.69) is 10.6 Å². The molecule has 0 aromatic heterocycles. The van der Waals surface area contributed by atoms with Crippen molar-refractivity contribution in [2.45, 2.75) is 46.4 Å². The van der Waals surface area contributed by atoms with Gasteiger partial charge in [0.15, 0.2) is 11.5 Å². The summed E-state index contributed by atoms with van der Waals surface area (Å²) in [5.74, 6) is 0.469. The van der Waals surface area contributed by atoms with Gasteiger partial charge in [-0.05, 0) is 57.5 Å². The molecule has 2 aromatic rings. The predicted octanol–water partition coefficient (Wildman–Crippen LogP) is 5.55. The minimum atomic E-state index is -0.705. The second kappa shape index (κ2) is 10.8. The number of rotatable bonds is 8. The van der Waals surface area contributed by atoms with E-state index >= 15 is 0 Å². The number of nitrogens with one attached hydrogen (secondary N) is 2. The largest absolute Gasteiger partial charge is 0.490 e. The number of urea groups is 1. The van der Waals surface area contributed by atoms with Gasteiger partial charge in [0.25, 0.3) is 0 Å². The fourth-order valence-electron chi connectivity index (χ4n) is 3.38. The number of hydrogen-bond acceptors (Lipinski definition) is 5. The van der Waals surface area contributed by atoms with Crippen molar-refractivity contribution in [2.75, 3.05) is 6.61 Å². The highest BCUT2D eigenvalue weighted by atomic mass is 35.5. The van der Waals surface area contributed by atoms with E-state index < -0.39 is 18.0 Å². The smallest absolute Gasteiger partial charge is 0.338 e. The Kier molecular flexibility index (Phi) is 8.10. The van der Waals surface area contributed by atoms with Gasteiger partial charge in [0.05, 0.1) is 24.3 Å². The van der Waals surface area contributed by atoms with Crippen LogP contribution >= 0.6 is 23.2 Å². The normalized spacial score (nSPS) is 15.7. The van der Waals surface area contributed by atoms with Gasteiger partial charge in [-0.3, -0.25) is 0 Å². The highest BCUT2D eigenvalue weighted by Crippen LogP contribution is 2.35. The van der Waals surface area contributed by atoms with Gasteiger partial charge >= 0.3 is 12.0 Å². The van der Waals surface area contributed by atoms with E-state index in [1.54, 1.807) is 57.2 Å². The Hall–Kier alpha value is -2.90. The fourth-order valence-corrected chi connectivity index (χ4v) is 3.84. The van der Waals surface area contributed by atoms with Crippen molar-refractivity contribution < 1.29 is 23.8 Å². The third-order valence-corrected chi connectivity index (χ3v) is 5.42. The van der Waals surface area contributed by atoms with Crippen LogP contribution in [0.1, 0.15) is 44.9 Å². The van der Waals surface area contributed by atoms with Crippen LogP contribution in [0.5, 0.6) is 11.5 Å². The van der Waals surface area contributed by atoms with E-state index in [0.29, 0.717) is 45.0 Å². The second-order valence-electron chi connectivity index (χ2n) is 7.69. The molecule has 2 amide bonds. The van der Waals surface area contributed by atoms with Gasteiger partial charge in [0.1, 0.15) is 6.61 Å². The number of carbonyl (C=O) groups is 2. The Morgan fingerprint density at radius 3 is 2.52 bits per heavy atom. The number of halogens is 2. The maximum absolute atomic E-state index is 12.8. The van der Waals surface area contributed by atoms with E-state index in [0.717, 1.165) is 5.56 Å². The van der Waals surface area contributed by atoms with Crippen LogP contribution in [0, 0.1) is 0 Å². The number of hydrogen-bond donors (Lipinski definition) is 2. The molecular formula is C24H26Cl2N2O5. The molecule has 1 aliphatic rings. The Labute approximate surface area is 203 Å². The van der Waals surface area contributed by atoms with Gasteiger partial charge in [0, 0.05) is 21.3 Å². The Morgan fingerprint density at radius 1 is 1.09 bits per heavy atom. The summed E-state index contributed by atoms with van der Waals surface area (Å²) >= 11 is 12.2. The zero-order valence-corrected chi connectivity index (χ0v) is 20.3. The number of ether oxygens (including phenoxy) is 3. The lowest BCUT2D eigenvalue weighted by molar-refractivity contribution is -0.143. The molecule has 1 aliphatic heterocycles. The standard InChI is InChI=1S/C24H26Cl2N2O5/c1-5-31-20-10-15(7-9-19(20)32-12-16-6-8-17(25)11-18(16)26)22-21(23(29)33-13(2)3)14(4)27-24(30)28-22/h6-11,13,22H,5,12H2,1-4H3,(H2,27,28,30). The number of carbonyl (C=O) groups excluding carboxylic acids is 2. The van der Waals surface area contributed by atoms with E-state index in [1.165, 1.54) is 0 Å². The van der Waals surface area contributed by atoms with E-state index in [9.17, 15) is 9.59 Å². The van der Waals surface area contributed by atoms with Crippen molar-refractivity contribution in [1.82, 2.24) is 10.6 Å². The summed E-state index contributed by atoms with van der Waals surface area (Å²) in [6, 6.07) is 9.33. The third-order valence-electron chi connectivity index (χ3n) is 4.83. The van der Waals surface area contributed by atoms with Crippen molar-refractivity contribution in [1.29, 1.82) is 0 Å². The lowest BCUT2D eigenvalue weighted by atomic mass is 9.95. The van der Waals surface area contributed by atoms with Crippen molar-refractivity contribution in [3.05, 3.63) is 68.8 Å². The average molecular weight is 493 g/mol. The molecule has 9 heteroatoms. The maximum Gasteiger partial charge on any atom is 0.338 e. The van der Waals surface area contributed by atoms with Crippen LogP contribution in [-0.2, 0) is 16.1 Å². The lowest BCUT2D eigenvalue weighted by Crippen LogP contribution is -2.45. The van der Waals surface area contributed by atoms with Crippen LogP contribution in [0.25, 0.3) is 0 Å². The quantitative estimate of drug-likeness (QED) is 0.471. The molecule has 1 heterocycles. The highest BCUT2D eigenvalue weighted by molar-refractivity contribution is 6.35. The topological polar surface area (TPSA) is 85.9 Å². The third kappa shape index (κ3) is 6.12. The first-order chi connectivity index (χ1) is 15.7. The van der Waals surface area contributed by atoms with Gasteiger partial charge in [-0.1, -0.05) is 35.3 Å². The zero-order valence-electron chi connectivity index (χ0n) is 18.8. The zero-order chi connectivity index (χ0) is 24.1. The minimum Gasteiger partial charge on any atom is -0.490 e. The molecule has 0 aliphatic carbocycles. The predicted molar refractivity (Wildman–Crippen MR) is 127 cm³/mol. The number of allylic oxidation sites excluding steroid dienone is 1. The monoisotopic (exact) mass is 492 g/mol. The van der Waals surface area contributed by atoms with Gasteiger partial charge < -0.3 is 24.8 Å². The van der Waals surface area contributed by atoms with Gasteiger partial charge in [0.2, 0.25) is 0 Å². The van der Waals surface area contributed by atoms with Crippen LogP contribution in [0.4, 0.5) is 4.79 Å². The van der Waals surface area contributed by atoms with Gasteiger partial charge in [-0.15, -0.1) is 0 Å². The van der Waals surface area contributed by atoms with Crippen LogP contribution in [0.15, 0.2) is 47.7 Å². The minimum absolute atomic E-state index is 0.213. The maximum atomic E-state index is 12.8. The van der Waals surface area contributed by atoms with Gasteiger partial charge in [-0.2, -0.15) is 0 Å². The first kappa shape index (κ1) is 24.7. The molecule has 0 saturated heterocycles. The molecular weight excluding hydrogens is 467 g/mol. The molecule has 2 aromatic carbocycles. The Bertz CT molecular complexity index is 1080. The summed E-state index contributed by atoms with van der Waals surface area (Å²) < 4.78 is 17.1. The number of benzene rings is 2. The molecule has 0 spiro atoms. The molecule has 2 N–H and O–H groups in total. The molecule has 3 rings (SSSR count). The molecule has 0 saturated carbocycles. The first-order valence-corrected chi connectivity index (χ1v) is 11.3. The van der Waals surface area contributed by atoms with Crippen molar-refractivity contribution >= 4 is 35.2 Å². The SMILES string of the molecule is CCOc1cc(C2NC(=O)NC(C)=C2C(=O)OC(C)C)ccc1OCc1ccc(Cl)cc1Cl. The summed E-state index contributed by atoms with van der Waals surface area (Å²) in [6.45, 7) is 7.67. The molecule has 7 nitrogen and oxygen atoms in total. The first-order valence-electron chi connectivity index (χ1n) is 10.5. The van der Waals surface area contributed by atoms with Crippen LogP contribution in [-0.4, -0.2) is 24.7 Å². The Morgan fingerprint density at radius 2 is 1.85 bits per heavy atom. The van der Waals surface area contributed by atoms with Crippen LogP contribution < -0.4 is 20.1 Å². The summed E-state index contributed by atoms with van der Waals surface area (Å²) in [5.41, 5.74) is 2.19. The lowest BCUT2D eigenvalue weighted by Gasteiger charge is -2.29. The van der Waals surface area contributed by atoms with Crippen molar-refractivity contribution in [2.24, 2.45) is 0 Å². The highest BCUT2D eigenvalue weighted by Gasteiger charge is 2.33. The number of amides is 2. The van der Waals surface area contributed by atoms with Crippen molar-refractivity contribution in [3.63, 3.8) is 0 Å². The fraction of sp³-hybridized carbons (Fsp3) is 0.333. The van der Waals surface area contributed by atoms with E-state index in [1.807, 2.05) is 6.92 Å². The average Bonchev–Trinajstić information content (AvgIpc) is 2.72. The number of esters is 1.